The Morgan fingerprint density at radius 1 is 1.17 bits per heavy atom. The highest BCUT2D eigenvalue weighted by Crippen LogP contribution is 1.97. The third-order valence-corrected chi connectivity index (χ3v) is 1.15. The fourth-order valence-electron chi connectivity index (χ4n) is 0.589. The van der Waals surface area contributed by atoms with Crippen LogP contribution in [0.2, 0.25) is 0 Å². The number of hydrogen-bond acceptors (Lipinski definition) is 0. The number of terminal acetylenes is 1. The summed E-state index contributed by atoms with van der Waals surface area (Å²) in [5.41, 5.74) is 1.17. The predicted octanol–water partition coefficient (Wildman–Crippen LogP) is 3.14. The van der Waals surface area contributed by atoms with Gasteiger partial charge in [-0.15, -0.1) is 6.42 Å². The van der Waals surface area contributed by atoms with Crippen molar-refractivity contribution >= 4 is 6.08 Å². The maximum atomic E-state index is 4.66. The monoisotopic (exact) mass is 156 g/mol. The molecule has 0 fully saturated rings. The van der Waals surface area contributed by atoms with Gasteiger partial charge in [0.1, 0.15) is 0 Å². The summed E-state index contributed by atoms with van der Waals surface area (Å²) in [7, 11) is 0. The van der Waals surface area contributed by atoms with E-state index in [1.807, 2.05) is 36.4 Å². The lowest BCUT2D eigenvalue weighted by Gasteiger charge is -1.85. The molecule has 0 saturated heterocycles. The minimum atomic E-state index is 1.17. The number of rotatable bonds is 1. The zero-order valence-corrected chi connectivity index (χ0v) is 7.03. The van der Waals surface area contributed by atoms with Gasteiger partial charge in [-0.3, -0.25) is 0 Å². The normalized spacial score (nSPS) is 6.92. The smallest absolute Gasteiger partial charge is 0.0194 e. The highest BCUT2D eigenvalue weighted by atomic mass is 13.8. The first-order valence-electron chi connectivity index (χ1n) is 3.59. The second kappa shape index (κ2) is 7.37. The molecule has 1 aromatic carbocycles. The van der Waals surface area contributed by atoms with Gasteiger partial charge >= 0.3 is 0 Å². The SMILES string of the molecule is C#CC=C.C=Cc1ccccc1. The van der Waals surface area contributed by atoms with Gasteiger partial charge in [0.05, 0.1) is 0 Å². The summed E-state index contributed by atoms with van der Waals surface area (Å²) in [5.74, 6) is 2.19. The number of hydrogen-bond donors (Lipinski definition) is 0. The lowest BCUT2D eigenvalue weighted by Crippen LogP contribution is -1.63. The Morgan fingerprint density at radius 2 is 1.67 bits per heavy atom. The summed E-state index contributed by atoms with van der Waals surface area (Å²) in [6.45, 7) is 6.87. The molecule has 1 rings (SSSR count). The van der Waals surface area contributed by atoms with Crippen LogP contribution in [-0.4, -0.2) is 0 Å². The van der Waals surface area contributed by atoms with E-state index in [0.29, 0.717) is 0 Å². The highest BCUT2D eigenvalue weighted by molar-refractivity contribution is 5.45. The van der Waals surface area contributed by atoms with Crippen molar-refractivity contribution < 1.29 is 0 Å². The minimum Gasteiger partial charge on any atom is -0.115 e. The van der Waals surface area contributed by atoms with Gasteiger partial charge in [-0.25, -0.2) is 0 Å². The Balaban J connectivity index is 0.000000261. The van der Waals surface area contributed by atoms with E-state index in [0.717, 1.165) is 0 Å². The van der Waals surface area contributed by atoms with E-state index in [-0.39, 0.29) is 0 Å². The fraction of sp³-hybridized carbons (Fsp3) is 0. The lowest BCUT2D eigenvalue weighted by atomic mass is 10.2. The molecule has 12 heavy (non-hydrogen) atoms. The second-order valence-electron chi connectivity index (χ2n) is 1.99. The van der Waals surface area contributed by atoms with Crippen molar-refractivity contribution in [3.63, 3.8) is 0 Å². The first kappa shape index (κ1) is 10.3. The maximum Gasteiger partial charge on any atom is -0.0194 e. The Hall–Kier alpha value is -1.74. The van der Waals surface area contributed by atoms with Crippen molar-refractivity contribution in [1.29, 1.82) is 0 Å². The average molecular weight is 156 g/mol. The molecule has 0 bridgehead atoms. The van der Waals surface area contributed by atoms with Crippen LogP contribution < -0.4 is 0 Å². The first-order chi connectivity index (χ1) is 5.85. The molecule has 0 radical (unpaired) electrons. The largest absolute Gasteiger partial charge is 0.115 e. The summed E-state index contributed by atoms with van der Waals surface area (Å²) in [5, 5.41) is 0. The molecule has 0 atom stereocenters. The summed E-state index contributed by atoms with van der Waals surface area (Å²) >= 11 is 0. The molecule has 0 aromatic heterocycles. The Morgan fingerprint density at radius 3 is 1.92 bits per heavy atom. The summed E-state index contributed by atoms with van der Waals surface area (Å²) < 4.78 is 0. The van der Waals surface area contributed by atoms with E-state index >= 15 is 0 Å². The van der Waals surface area contributed by atoms with Crippen molar-refractivity contribution in [1.82, 2.24) is 0 Å². The molecule has 0 spiro atoms. The van der Waals surface area contributed by atoms with E-state index in [1.54, 1.807) is 0 Å². The Labute approximate surface area is 74.2 Å². The molecular formula is C12H12. The molecule has 0 aliphatic carbocycles. The lowest BCUT2D eigenvalue weighted by molar-refractivity contribution is 1.67. The van der Waals surface area contributed by atoms with Crippen LogP contribution in [0.3, 0.4) is 0 Å². The molecule has 0 heteroatoms. The zero-order chi connectivity index (χ0) is 9.23. The van der Waals surface area contributed by atoms with Crippen LogP contribution in [0, 0.1) is 12.3 Å². The average Bonchev–Trinajstić information content (AvgIpc) is 2.19. The zero-order valence-electron chi connectivity index (χ0n) is 7.03. The second-order valence-corrected chi connectivity index (χ2v) is 1.99. The van der Waals surface area contributed by atoms with E-state index in [1.165, 1.54) is 11.6 Å². The molecule has 0 saturated carbocycles. The van der Waals surface area contributed by atoms with Crippen LogP contribution in [-0.2, 0) is 0 Å². The van der Waals surface area contributed by atoms with Crippen molar-refractivity contribution in [2.45, 2.75) is 0 Å². The van der Waals surface area contributed by atoms with Gasteiger partial charge in [-0.05, 0) is 11.6 Å². The maximum absolute atomic E-state index is 4.66. The minimum absolute atomic E-state index is 1.17. The molecule has 60 valence electrons. The van der Waals surface area contributed by atoms with E-state index in [2.05, 4.69) is 25.5 Å². The van der Waals surface area contributed by atoms with Crippen molar-refractivity contribution in [2.75, 3.05) is 0 Å². The quantitative estimate of drug-likeness (QED) is 0.548. The van der Waals surface area contributed by atoms with Crippen LogP contribution in [0.1, 0.15) is 5.56 Å². The van der Waals surface area contributed by atoms with Gasteiger partial charge in [-0.2, -0.15) is 0 Å². The standard InChI is InChI=1S/C8H8.C4H4/c1-2-8-6-4-3-5-7-8;1-3-4-2/h2-7H,1H2;1,4H,2H2. The third-order valence-electron chi connectivity index (χ3n) is 1.15. The van der Waals surface area contributed by atoms with Crippen molar-refractivity contribution in [3.8, 4) is 12.3 Å². The molecule has 1 aromatic rings. The van der Waals surface area contributed by atoms with Gasteiger partial charge in [-0.1, -0.05) is 55.5 Å². The van der Waals surface area contributed by atoms with Gasteiger partial charge in [0, 0.05) is 0 Å². The van der Waals surface area contributed by atoms with E-state index in [4.69, 9.17) is 0 Å². The van der Waals surface area contributed by atoms with Crippen LogP contribution in [0.15, 0.2) is 49.6 Å². The van der Waals surface area contributed by atoms with Crippen LogP contribution in [0.5, 0.6) is 0 Å². The molecule has 0 unspecified atom stereocenters. The van der Waals surface area contributed by atoms with Gasteiger partial charge < -0.3 is 0 Å². The molecule has 0 N–H and O–H groups in total. The van der Waals surface area contributed by atoms with Crippen LogP contribution >= 0.6 is 0 Å². The first-order valence-corrected chi connectivity index (χ1v) is 3.59. The topological polar surface area (TPSA) is 0 Å². The van der Waals surface area contributed by atoms with Crippen LogP contribution in [0.4, 0.5) is 0 Å². The molecule has 0 aliphatic rings. The summed E-state index contributed by atoms with van der Waals surface area (Å²) in [6, 6.07) is 10.0. The molecule has 0 aliphatic heterocycles. The van der Waals surface area contributed by atoms with Gasteiger partial charge in [0.25, 0.3) is 0 Å². The van der Waals surface area contributed by atoms with Gasteiger partial charge in [0.2, 0.25) is 0 Å². The summed E-state index contributed by atoms with van der Waals surface area (Å²) in [4.78, 5) is 0. The fourth-order valence-corrected chi connectivity index (χ4v) is 0.589. The molecule has 0 heterocycles. The van der Waals surface area contributed by atoms with Crippen molar-refractivity contribution in [2.24, 2.45) is 0 Å². The molecular weight excluding hydrogens is 144 g/mol. The predicted molar refractivity (Wildman–Crippen MR) is 55.6 cm³/mol. The molecule has 0 amide bonds. The van der Waals surface area contributed by atoms with Crippen LogP contribution in [0.25, 0.3) is 6.08 Å². The Kier molecular flexibility index (Phi) is 6.30. The highest BCUT2D eigenvalue weighted by Gasteiger charge is 1.75. The Bertz CT molecular complexity index is 262. The summed E-state index contributed by atoms with van der Waals surface area (Å²) in [6.07, 6.45) is 7.90. The molecule has 0 nitrogen and oxygen atoms in total. The van der Waals surface area contributed by atoms with E-state index in [9.17, 15) is 0 Å². The van der Waals surface area contributed by atoms with Crippen molar-refractivity contribution in [3.05, 3.63) is 55.1 Å². The van der Waals surface area contributed by atoms with E-state index < -0.39 is 0 Å². The van der Waals surface area contributed by atoms with Gasteiger partial charge in [0.15, 0.2) is 0 Å². The number of allylic oxidation sites excluding steroid dienone is 1. The third kappa shape index (κ3) is 5.08. The number of benzene rings is 1.